The van der Waals surface area contributed by atoms with Crippen molar-refractivity contribution in [1.82, 2.24) is 20.6 Å². The highest BCUT2D eigenvalue weighted by Crippen LogP contribution is 1.90. The monoisotopic (exact) mass is 238 g/mol. The highest BCUT2D eigenvalue weighted by Gasteiger charge is 2.17. The van der Waals surface area contributed by atoms with Crippen molar-refractivity contribution in [3.8, 4) is 0 Å². The number of nitrogens with one attached hydrogen (secondary N) is 2. The van der Waals surface area contributed by atoms with Crippen LogP contribution in [0.2, 0.25) is 0 Å². The summed E-state index contributed by atoms with van der Waals surface area (Å²) >= 11 is 0. The molecular formula is C10H14N4O3. The fourth-order valence-corrected chi connectivity index (χ4v) is 1.21. The molecule has 1 heterocycles. The Balaban J connectivity index is 2.37. The van der Waals surface area contributed by atoms with Crippen molar-refractivity contribution >= 4 is 11.9 Å². The van der Waals surface area contributed by atoms with Crippen LogP contribution in [0, 0.1) is 0 Å². The van der Waals surface area contributed by atoms with Gasteiger partial charge in [0, 0.05) is 26.2 Å². The molecule has 92 valence electrons. The second-order valence-corrected chi connectivity index (χ2v) is 3.42. The minimum absolute atomic E-state index is 0.138. The van der Waals surface area contributed by atoms with Gasteiger partial charge in [0.25, 0.3) is 0 Å². The zero-order valence-corrected chi connectivity index (χ0v) is 9.38. The van der Waals surface area contributed by atoms with Gasteiger partial charge in [-0.3, -0.25) is 4.79 Å². The molecular weight excluding hydrogens is 224 g/mol. The summed E-state index contributed by atoms with van der Waals surface area (Å²) in [6.45, 7) is 1.84. The van der Waals surface area contributed by atoms with Crippen LogP contribution in [0.25, 0.3) is 0 Å². The van der Waals surface area contributed by atoms with Gasteiger partial charge in [-0.15, -0.1) is 0 Å². The first-order valence-corrected chi connectivity index (χ1v) is 5.05. The van der Waals surface area contributed by atoms with E-state index in [2.05, 4.69) is 20.6 Å². The van der Waals surface area contributed by atoms with E-state index in [0.29, 0.717) is 6.54 Å². The third kappa shape index (κ3) is 5.03. The van der Waals surface area contributed by atoms with Crippen molar-refractivity contribution in [2.75, 3.05) is 6.54 Å². The number of nitrogens with zero attached hydrogens (tertiary/aromatic N) is 2. The molecule has 1 aromatic rings. The summed E-state index contributed by atoms with van der Waals surface area (Å²) in [5.74, 6) is -1.45. The van der Waals surface area contributed by atoms with Crippen molar-refractivity contribution in [2.45, 2.75) is 19.5 Å². The lowest BCUT2D eigenvalue weighted by molar-refractivity contribution is -0.141. The molecule has 0 saturated heterocycles. The molecule has 1 unspecified atom stereocenters. The molecule has 0 aliphatic carbocycles. The molecule has 0 radical (unpaired) electrons. The fourth-order valence-electron chi connectivity index (χ4n) is 1.21. The number of carbonyl (C=O) groups excluding carboxylic acids is 1. The summed E-state index contributed by atoms with van der Waals surface area (Å²) in [7, 11) is 0. The SMILES string of the molecule is CC(=O)NC(CNCc1ccncn1)C(=O)O. The maximum Gasteiger partial charge on any atom is 0.327 e. The number of aromatic nitrogens is 2. The molecule has 0 aromatic carbocycles. The molecule has 0 aliphatic heterocycles. The number of rotatable bonds is 6. The number of aliphatic carboxylic acids is 1. The minimum Gasteiger partial charge on any atom is -0.480 e. The van der Waals surface area contributed by atoms with Gasteiger partial charge in [-0.25, -0.2) is 14.8 Å². The van der Waals surface area contributed by atoms with Gasteiger partial charge in [0.2, 0.25) is 5.91 Å². The molecule has 17 heavy (non-hydrogen) atoms. The molecule has 0 fully saturated rings. The van der Waals surface area contributed by atoms with Gasteiger partial charge in [-0.05, 0) is 6.07 Å². The van der Waals surface area contributed by atoms with Gasteiger partial charge in [0.05, 0.1) is 5.69 Å². The van der Waals surface area contributed by atoms with E-state index in [4.69, 9.17) is 5.11 Å². The molecule has 1 amide bonds. The standard InChI is InChI=1S/C10H14N4O3/c1-7(15)14-9(10(16)17)5-12-4-8-2-3-11-6-13-8/h2-3,6,9,12H,4-5H2,1H3,(H,14,15)(H,16,17). The minimum atomic E-state index is -1.07. The van der Waals surface area contributed by atoms with Crippen LogP contribution in [-0.4, -0.2) is 39.5 Å². The normalized spacial score (nSPS) is 11.8. The second kappa shape index (κ2) is 6.54. The molecule has 1 rings (SSSR count). The first-order chi connectivity index (χ1) is 8.09. The highest BCUT2D eigenvalue weighted by atomic mass is 16.4. The lowest BCUT2D eigenvalue weighted by Gasteiger charge is -2.13. The third-order valence-corrected chi connectivity index (χ3v) is 1.97. The van der Waals surface area contributed by atoms with E-state index in [0.717, 1.165) is 5.69 Å². The molecule has 0 aliphatic rings. The van der Waals surface area contributed by atoms with Crippen LogP contribution in [0.4, 0.5) is 0 Å². The van der Waals surface area contributed by atoms with Crippen LogP contribution < -0.4 is 10.6 Å². The van der Waals surface area contributed by atoms with Crippen LogP contribution in [-0.2, 0) is 16.1 Å². The summed E-state index contributed by atoms with van der Waals surface area (Å²) < 4.78 is 0. The number of carboxylic acid groups (broad SMARTS) is 1. The van der Waals surface area contributed by atoms with E-state index in [1.807, 2.05) is 0 Å². The summed E-state index contributed by atoms with van der Waals surface area (Å²) in [4.78, 5) is 29.3. The van der Waals surface area contributed by atoms with Gasteiger partial charge in [0.15, 0.2) is 0 Å². The highest BCUT2D eigenvalue weighted by molar-refractivity contribution is 5.82. The Hall–Kier alpha value is -2.02. The summed E-state index contributed by atoms with van der Waals surface area (Å²) in [5, 5.41) is 14.1. The first kappa shape index (κ1) is 13.0. The van der Waals surface area contributed by atoms with Gasteiger partial charge >= 0.3 is 5.97 Å². The van der Waals surface area contributed by atoms with Crippen molar-refractivity contribution < 1.29 is 14.7 Å². The second-order valence-electron chi connectivity index (χ2n) is 3.42. The molecule has 0 spiro atoms. The molecule has 1 aromatic heterocycles. The summed E-state index contributed by atoms with van der Waals surface area (Å²) in [6, 6.07) is 0.788. The Kier molecular flexibility index (Phi) is 5.02. The number of carboxylic acids is 1. The van der Waals surface area contributed by atoms with Crippen molar-refractivity contribution in [3.05, 3.63) is 24.3 Å². The van der Waals surface area contributed by atoms with E-state index < -0.39 is 12.0 Å². The Morgan fingerprint density at radius 2 is 2.29 bits per heavy atom. The third-order valence-electron chi connectivity index (χ3n) is 1.97. The van der Waals surface area contributed by atoms with Crippen LogP contribution in [0.1, 0.15) is 12.6 Å². The lowest BCUT2D eigenvalue weighted by Crippen LogP contribution is -2.46. The van der Waals surface area contributed by atoms with Gasteiger partial charge < -0.3 is 15.7 Å². The smallest absolute Gasteiger partial charge is 0.327 e. The van der Waals surface area contributed by atoms with E-state index >= 15 is 0 Å². The van der Waals surface area contributed by atoms with Crippen molar-refractivity contribution in [3.63, 3.8) is 0 Å². The van der Waals surface area contributed by atoms with Gasteiger partial charge in [-0.2, -0.15) is 0 Å². The first-order valence-electron chi connectivity index (χ1n) is 5.05. The van der Waals surface area contributed by atoms with Crippen LogP contribution >= 0.6 is 0 Å². The van der Waals surface area contributed by atoms with Gasteiger partial charge in [-0.1, -0.05) is 0 Å². The number of amides is 1. The number of hydrogen-bond donors (Lipinski definition) is 3. The van der Waals surface area contributed by atoms with Crippen LogP contribution in [0.5, 0.6) is 0 Å². The zero-order chi connectivity index (χ0) is 12.7. The average Bonchev–Trinajstić information content (AvgIpc) is 2.28. The van der Waals surface area contributed by atoms with Crippen LogP contribution in [0.3, 0.4) is 0 Å². The predicted molar refractivity (Wildman–Crippen MR) is 59.0 cm³/mol. The lowest BCUT2D eigenvalue weighted by atomic mass is 10.3. The maximum atomic E-state index is 10.8. The summed E-state index contributed by atoms with van der Waals surface area (Å²) in [6.07, 6.45) is 3.02. The van der Waals surface area contributed by atoms with E-state index in [9.17, 15) is 9.59 Å². The van der Waals surface area contributed by atoms with Gasteiger partial charge in [0.1, 0.15) is 12.4 Å². The molecule has 1 atom stereocenters. The topological polar surface area (TPSA) is 104 Å². The Bertz CT molecular complexity index is 382. The fraction of sp³-hybridized carbons (Fsp3) is 0.400. The largest absolute Gasteiger partial charge is 0.480 e. The van der Waals surface area contributed by atoms with Crippen molar-refractivity contribution in [2.24, 2.45) is 0 Å². The number of hydrogen-bond acceptors (Lipinski definition) is 5. The average molecular weight is 238 g/mol. The van der Waals surface area contributed by atoms with Crippen molar-refractivity contribution in [1.29, 1.82) is 0 Å². The zero-order valence-electron chi connectivity index (χ0n) is 9.38. The molecule has 7 heteroatoms. The maximum absolute atomic E-state index is 10.8. The Labute approximate surface area is 98.3 Å². The predicted octanol–water partition coefficient (Wildman–Crippen LogP) is -0.844. The van der Waals surface area contributed by atoms with E-state index in [1.54, 1.807) is 12.3 Å². The Morgan fingerprint density at radius 3 is 2.82 bits per heavy atom. The summed E-state index contributed by atoms with van der Waals surface area (Å²) in [5.41, 5.74) is 0.756. The van der Waals surface area contributed by atoms with E-state index in [1.165, 1.54) is 13.3 Å². The Morgan fingerprint density at radius 1 is 1.53 bits per heavy atom. The molecule has 3 N–H and O–H groups in total. The number of carbonyl (C=O) groups is 2. The van der Waals surface area contributed by atoms with E-state index in [-0.39, 0.29) is 12.5 Å². The quantitative estimate of drug-likeness (QED) is 0.596. The van der Waals surface area contributed by atoms with Crippen LogP contribution in [0.15, 0.2) is 18.6 Å². The molecule has 0 bridgehead atoms. The molecule has 7 nitrogen and oxygen atoms in total. The molecule has 0 saturated carbocycles.